The van der Waals surface area contributed by atoms with Crippen LogP contribution in [0.4, 0.5) is 149 Å². The van der Waals surface area contributed by atoms with Gasteiger partial charge in [-0.05, 0) is 0 Å². The molecule has 0 spiro atoms. The quantitative estimate of drug-likeness (QED) is 0.0939. The topological polar surface area (TPSA) is 114 Å². The van der Waals surface area contributed by atoms with Crippen LogP contribution >= 0.6 is 0 Å². The number of hydrogen-bond acceptors (Lipinski definition) is 6. The molecule has 0 bridgehead atoms. The molecule has 0 aliphatic carbocycles. The first-order valence-corrected chi connectivity index (χ1v) is 20.2. The minimum atomic E-state index is -8.92. The van der Waals surface area contributed by atoms with E-state index < -0.39 is 114 Å². The fourth-order valence-corrected chi connectivity index (χ4v) is 5.04. The Kier molecular flexibility index (Phi) is 22.7. The first kappa shape index (κ1) is 76.3. The monoisotopic (exact) mass is 1300 g/mol. The third kappa shape index (κ3) is 12.7. The summed E-state index contributed by atoms with van der Waals surface area (Å²) >= 11 is 0. The van der Waals surface area contributed by atoms with Crippen LogP contribution in [-0.2, 0) is 46.4 Å². The summed E-state index contributed by atoms with van der Waals surface area (Å²) in [5.74, 6) is -103. The molecule has 75 heavy (non-hydrogen) atoms. The molecule has 0 unspecified atom stereocenters. The van der Waals surface area contributed by atoms with Gasteiger partial charge in [0.1, 0.15) is 0 Å². The average molecular weight is 1300 g/mol. The SMILES string of the molecule is CC(C)[c-]1cccc1.CC(C)[c-]1cccc1.O=S(=O)([O-])C(F)(F)C(F)(F)C(F)(F)C(F)(F)C(F)(F)C(F)(F)C(F)(F)C(F)(F)F.O=S(=O)([O-])C(F)(F)C(F)(F)C(F)(F)C(F)(F)C(F)(F)C(F)(F)C(F)(F)C(F)(F)F.[Zr+4]. The van der Waals surface area contributed by atoms with E-state index in [-0.39, 0.29) is 26.2 Å². The normalized spacial score (nSPS) is 15.3. The van der Waals surface area contributed by atoms with Gasteiger partial charge in [-0.1, -0.05) is 39.5 Å². The van der Waals surface area contributed by atoms with Crippen LogP contribution in [0.5, 0.6) is 0 Å². The minimum absolute atomic E-state index is 0. The van der Waals surface area contributed by atoms with E-state index in [1.54, 1.807) is 0 Å². The molecule has 0 amide bonds. The van der Waals surface area contributed by atoms with Crippen LogP contribution in [0.2, 0.25) is 0 Å². The Morgan fingerprint density at radius 2 is 0.427 bits per heavy atom. The molecule has 2 rings (SSSR count). The van der Waals surface area contributed by atoms with Crippen LogP contribution in [0.1, 0.15) is 50.7 Å². The Morgan fingerprint density at radius 3 is 0.533 bits per heavy atom. The molecule has 0 radical (unpaired) electrons. The molecule has 43 heteroatoms. The van der Waals surface area contributed by atoms with Gasteiger partial charge in [-0.3, -0.25) is 0 Å². The summed E-state index contributed by atoms with van der Waals surface area (Å²) in [4.78, 5) is 0. The van der Waals surface area contributed by atoms with Crippen LogP contribution in [0.3, 0.4) is 0 Å². The molecule has 0 aliphatic rings. The maximum atomic E-state index is 13.0. The summed E-state index contributed by atoms with van der Waals surface area (Å²) in [6, 6.07) is 16.9. The first-order chi connectivity index (χ1) is 31.6. The average Bonchev–Trinajstić information content (AvgIpc) is 3.92. The van der Waals surface area contributed by atoms with E-state index in [1.165, 1.54) is 11.1 Å². The fourth-order valence-electron chi connectivity index (χ4n) is 4.16. The molecule has 0 aliphatic heterocycles. The van der Waals surface area contributed by atoms with Gasteiger partial charge in [0, 0.05) is 0 Å². The number of alkyl halides is 34. The van der Waals surface area contributed by atoms with Crippen LogP contribution in [-0.4, -0.2) is 120 Å². The second-order valence-corrected chi connectivity index (χ2v) is 17.4. The molecule has 0 atom stereocenters. The minimum Gasteiger partial charge on any atom is -0.743 e. The molecule has 0 fully saturated rings. The van der Waals surface area contributed by atoms with Gasteiger partial charge in [0.25, 0.3) is 0 Å². The van der Waals surface area contributed by atoms with Crippen LogP contribution in [0.25, 0.3) is 0 Å². The van der Waals surface area contributed by atoms with E-state index in [2.05, 4.69) is 76.2 Å². The van der Waals surface area contributed by atoms with Crippen molar-refractivity contribution in [3.63, 3.8) is 0 Å². The summed E-state index contributed by atoms with van der Waals surface area (Å²) in [5, 5.41) is -15.9. The summed E-state index contributed by atoms with van der Waals surface area (Å²) in [6.45, 7) is 8.81. The van der Waals surface area contributed by atoms with Gasteiger partial charge in [-0.15, -0.1) is 0 Å². The maximum absolute atomic E-state index is 13.0. The Labute approximate surface area is 414 Å². The first-order valence-electron chi connectivity index (χ1n) is 17.4. The van der Waals surface area contributed by atoms with Gasteiger partial charge < -0.3 is 9.11 Å². The number of halogens is 34. The summed E-state index contributed by atoms with van der Waals surface area (Å²) in [7, 11) is -16.3. The third-order valence-electron chi connectivity index (χ3n) is 8.72. The van der Waals surface area contributed by atoms with Gasteiger partial charge in [-0.2, -0.15) is 185 Å². The van der Waals surface area contributed by atoms with Crippen molar-refractivity contribution in [2.75, 3.05) is 0 Å². The van der Waals surface area contributed by atoms with E-state index in [4.69, 9.17) is 0 Å². The molecule has 0 aromatic heterocycles. The standard InChI is InChI=1S/2C8HF17O3S.2C8H11.Zr/c2*9-1(10,3(13,14)5(17,18)7(21,22)23)2(11,12)4(15,16)6(19,20)8(24,25)29(26,27)28;2*1-7(2)8-5-3-4-6-8;/h2*(H,26,27,28);2*3-7H,1-2H3;/q;;2*-1;+4/p-2. The van der Waals surface area contributed by atoms with Crippen molar-refractivity contribution in [1.82, 2.24) is 0 Å². The molecule has 2 aromatic carbocycles. The molecule has 0 heterocycles. The van der Waals surface area contributed by atoms with Crippen LogP contribution in [0, 0.1) is 0 Å². The molecule has 440 valence electrons. The van der Waals surface area contributed by atoms with Crippen molar-refractivity contribution in [2.45, 2.75) is 133 Å². The molecule has 0 saturated carbocycles. The van der Waals surface area contributed by atoms with Crippen molar-refractivity contribution < 1.29 is 201 Å². The number of hydrogen-bond donors (Lipinski definition) is 0. The maximum Gasteiger partial charge on any atom is 4.00 e. The second-order valence-electron chi connectivity index (χ2n) is 14.6. The van der Waals surface area contributed by atoms with Gasteiger partial charge >= 0.3 is 120 Å². The van der Waals surface area contributed by atoms with Gasteiger partial charge in [0.15, 0.2) is 20.2 Å². The van der Waals surface area contributed by atoms with Gasteiger partial charge in [0.2, 0.25) is 0 Å². The Balaban J connectivity index is -0.00000105. The van der Waals surface area contributed by atoms with E-state index in [0.29, 0.717) is 11.8 Å². The predicted molar refractivity (Wildman–Crippen MR) is 173 cm³/mol. The summed E-state index contributed by atoms with van der Waals surface area (Å²) in [5.41, 5.74) is 2.87. The van der Waals surface area contributed by atoms with Gasteiger partial charge in [-0.25, -0.2) is 41.1 Å². The summed E-state index contributed by atoms with van der Waals surface area (Å²) in [6.07, 6.45) is -15.8. The zero-order valence-electron chi connectivity index (χ0n) is 35.4. The predicted octanol–water partition coefficient (Wildman–Crippen LogP) is 14.1. The van der Waals surface area contributed by atoms with E-state index in [9.17, 15) is 175 Å². The smallest absolute Gasteiger partial charge is 0.743 e. The van der Waals surface area contributed by atoms with Gasteiger partial charge in [0.05, 0.1) is 0 Å². The van der Waals surface area contributed by atoms with Crippen molar-refractivity contribution in [3.05, 3.63) is 59.7 Å². The molecule has 0 saturated heterocycles. The molecule has 6 nitrogen and oxygen atoms in total. The molecular formula is C32H22F34O6S2Zr. The van der Waals surface area contributed by atoms with Crippen molar-refractivity contribution in [3.8, 4) is 0 Å². The zero-order chi connectivity index (χ0) is 61.0. The van der Waals surface area contributed by atoms with Crippen LogP contribution in [0.15, 0.2) is 48.5 Å². The molecule has 2 aromatic rings. The number of rotatable bonds is 16. The zero-order valence-corrected chi connectivity index (χ0v) is 39.5. The second kappa shape index (κ2) is 22.3. The third-order valence-corrected chi connectivity index (χ3v) is 10.5. The van der Waals surface area contributed by atoms with Crippen molar-refractivity contribution in [2.24, 2.45) is 0 Å². The van der Waals surface area contributed by atoms with E-state index in [1.807, 2.05) is 0 Å². The Morgan fingerprint density at radius 1 is 0.293 bits per heavy atom. The largest absolute Gasteiger partial charge is 4.00 e. The molecular weight excluding hydrogens is 1280 g/mol. The Hall–Kier alpha value is -2.98. The van der Waals surface area contributed by atoms with E-state index in [0.717, 1.165) is 0 Å². The summed E-state index contributed by atoms with van der Waals surface area (Å²) < 4.78 is 488. The van der Waals surface area contributed by atoms with Crippen LogP contribution < -0.4 is 0 Å². The Bertz CT molecular complexity index is 2190. The van der Waals surface area contributed by atoms with Crippen molar-refractivity contribution >= 4 is 20.2 Å². The fraction of sp³-hybridized carbons (Fsp3) is 0.688. The van der Waals surface area contributed by atoms with Crippen molar-refractivity contribution in [1.29, 1.82) is 0 Å². The molecule has 0 N–H and O–H groups in total. The van der Waals surface area contributed by atoms with E-state index >= 15 is 0 Å².